The van der Waals surface area contributed by atoms with Crippen molar-refractivity contribution in [2.75, 3.05) is 21.3 Å². The summed E-state index contributed by atoms with van der Waals surface area (Å²) >= 11 is 0. The molecule has 0 spiro atoms. The predicted octanol–water partition coefficient (Wildman–Crippen LogP) is 3.28. The third-order valence-corrected chi connectivity index (χ3v) is 4.83. The highest BCUT2D eigenvalue weighted by Crippen LogP contribution is 2.46. The van der Waals surface area contributed by atoms with Gasteiger partial charge >= 0.3 is 6.18 Å². The summed E-state index contributed by atoms with van der Waals surface area (Å²) in [6.07, 6.45) is -4.51. The number of hydrogen-bond acceptors (Lipinski definition) is 6. The van der Waals surface area contributed by atoms with Gasteiger partial charge < -0.3 is 19.3 Å². The van der Waals surface area contributed by atoms with Crippen LogP contribution < -0.4 is 25.1 Å². The first-order chi connectivity index (χ1) is 13.3. The number of ether oxygens (including phenoxy) is 3. The van der Waals surface area contributed by atoms with Crippen LogP contribution in [0.2, 0.25) is 0 Å². The standard InChI is InChI=1S/C19H21F3N2O4/c1-26-11-5-6-12(13(25)9-11)17-16(18(24-23-17)19(20,21)22)10-4-7-14(27-2)15(8-10)28-3/h4-9,16-18,23-25H,1-3H3. The van der Waals surface area contributed by atoms with Gasteiger partial charge in [0.25, 0.3) is 0 Å². The Morgan fingerprint density at radius 2 is 1.61 bits per heavy atom. The maximum Gasteiger partial charge on any atom is 0.405 e. The van der Waals surface area contributed by atoms with E-state index in [-0.39, 0.29) is 5.75 Å². The number of rotatable bonds is 5. The fraction of sp³-hybridized carbons (Fsp3) is 0.368. The maximum atomic E-state index is 13.7. The minimum absolute atomic E-state index is 0.160. The second kappa shape index (κ2) is 7.76. The normalized spacial score (nSPS) is 22.1. The van der Waals surface area contributed by atoms with Gasteiger partial charge in [-0.2, -0.15) is 13.2 Å². The van der Waals surface area contributed by atoms with E-state index in [9.17, 15) is 18.3 Å². The fourth-order valence-electron chi connectivity index (χ4n) is 3.47. The highest BCUT2D eigenvalue weighted by molar-refractivity contribution is 5.48. The molecule has 0 aromatic heterocycles. The van der Waals surface area contributed by atoms with Gasteiger partial charge in [0.2, 0.25) is 0 Å². The van der Waals surface area contributed by atoms with Crippen LogP contribution in [-0.4, -0.2) is 38.7 Å². The van der Waals surface area contributed by atoms with Gasteiger partial charge in [0.05, 0.1) is 27.4 Å². The fourth-order valence-corrected chi connectivity index (χ4v) is 3.47. The van der Waals surface area contributed by atoms with Gasteiger partial charge in [0, 0.05) is 17.5 Å². The SMILES string of the molecule is COc1ccc(C2NNC(C(F)(F)F)C2c2ccc(OC)c(OC)c2)c(O)c1. The first kappa shape index (κ1) is 20.1. The van der Waals surface area contributed by atoms with E-state index in [2.05, 4.69) is 10.9 Å². The maximum absolute atomic E-state index is 13.7. The molecule has 1 aliphatic heterocycles. The van der Waals surface area contributed by atoms with E-state index in [1.54, 1.807) is 24.3 Å². The van der Waals surface area contributed by atoms with E-state index < -0.39 is 24.2 Å². The van der Waals surface area contributed by atoms with Crippen molar-refractivity contribution in [1.82, 2.24) is 10.9 Å². The van der Waals surface area contributed by atoms with Gasteiger partial charge in [-0.1, -0.05) is 12.1 Å². The van der Waals surface area contributed by atoms with Crippen LogP contribution >= 0.6 is 0 Å². The Morgan fingerprint density at radius 1 is 0.893 bits per heavy atom. The average Bonchev–Trinajstić information content (AvgIpc) is 3.12. The van der Waals surface area contributed by atoms with E-state index in [0.29, 0.717) is 28.4 Å². The quantitative estimate of drug-likeness (QED) is 0.718. The first-order valence-corrected chi connectivity index (χ1v) is 8.46. The average molecular weight is 398 g/mol. The third-order valence-electron chi connectivity index (χ3n) is 4.83. The minimum Gasteiger partial charge on any atom is -0.507 e. The van der Waals surface area contributed by atoms with Crippen LogP contribution in [0.15, 0.2) is 36.4 Å². The molecule has 6 nitrogen and oxygen atoms in total. The van der Waals surface area contributed by atoms with E-state index in [1.807, 2.05) is 0 Å². The molecule has 1 heterocycles. The Morgan fingerprint density at radius 3 is 2.18 bits per heavy atom. The summed E-state index contributed by atoms with van der Waals surface area (Å²) < 4.78 is 56.5. The second-order valence-electron chi connectivity index (χ2n) is 6.35. The molecular weight excluding hydrogens is 377 g/mol. The Balaban J connectivity index is 2.08. The van der Waals surface area contributed by atoms with Crippen molar-refractivity contribution >= 4 is 0 Å². The molecule has 0 aliphatic carbocycles. The van der Waals surface area contributed by atoms with Crippen molar-refractivity contribution in [2.24, 2.45) is 0 Å². The number of aromatic hydroxyl groups is 1. The molecule has 2 aromatic rings. The molecule has 28 heavy (non-hydrogen) atoms. The number of halogens is 3. The van der Waals surface area contributed by atoms with E-state index in [1.165, 1.54) is 33.5 Å². The van der Waals surface area contributed by atoms with Crippen LogP contribution in [0.1, 0.15) is 23.1 Å². The van der Waals surface area contributed by atoms with Gasteiger partial charge in [-0.05, 0) is 23.8 Å². The molecule has 1 saturated heterocycles. The molecule has 1 fully saturated rings. The summed E-state index contributed by atoms with van der Waals surface area (Å²) in [6, 6.07) is 6.43. The van der Waals surface area contributed by atoms with Crippen LogP contribution in [0.25, 0.3) is 0 Å². The molecule has 152 valence electrons. The van der Waals surface area contributed by atoms with Gasteiger partial charge in [-0.15, -0.1) is 0 Å². The van der Waals surface area contributed by atoms with Crippen LogP contribution in [0.4, 0.5) is 13.2 Å². The van der Waals surface area contributed by atoms with E-state index >= 15 is 0 Å². The molecular formula is C19H21F3N2O4. The van der Waals surface area contributed by atoms with E-state index in [4.69, 9.17) is 14.2 Å². The number of alkyl halides is 3. The number of hydrazine groups is 1. The third kappa shape index (κ3) is 3.67. The second-order valence-corrected chi connectivity index (χ2v) is 6.35. The summed E-state index contributed by atoms with van der Waals surface area (Å²) in [7, 11) is 4.31. The van der Waals surface area contributed by atoms with Gasteiger partial charge in [-0.3, -0.25) is 0 Å². The van der Waals surface area contributed by atoms with E-state index in [0.717, 1.165) is 0 Å². The van der Waals surface area contributed by atoms with Crippen molar-refractivity contribution in [3.8, 4) is 23.0 Å². The molecule has 0 saturated carbocycles. The topological polar surface area (TPSA) is 72.0 Å². The molecule has 3 N–H and O–H groups in total. The predicted molar refractivity (Wildman–Crippen MR) is 95.8 cm³/mol. The molecule has 2 aromatic carbocycles. The zero-order valence-electron chi connectivity index (χ0n) is 15.5. The highest BCUT2D eigenvalue weighted by Gasteiger charge is 2.52. The molecule has 0 bridgehead atoms. The lowest BCUT2D eigenvalue weighted by Crippen LogP contribution is -2.43. The van der Waals surface area contributed by atoms with Crippen LogP contribution in [0, 0.1) is 0 Å². The zero-order chi connectivity index (χ0) is 20.5. The van der Waals surface area contributed by atoms with Gasteiger partial charge in [0.1, 0.15) is 17.5 Å². The van der Waals surface area contributed by atoms with Crippen LogP contribution in [-0.2, 0) is 0 Å². The first-order valence-electron chi connectivity index (χ1n) is 8.46. The van der Waals surface area contributed by atoms with Gasteiger partial charge in [0.15, 0.2) is 11.5 Å². The van der Waals surface area contributed by atoms with Crippen LogP contribution in [0.5, 0.6) is 23.0 Å². The Labute approximate surface area is 160 Å². The highest BCUT2D eigenvalue weighted by atomic mass is 19.4. The number of phenols is 1. The van der Waals surface area contributed by atoms with Crippen LogP contribution in [0.3, 0.4) is 0 Å². The van der Waals surface area contributed by atoms with Crippen molar-refractivity contribution in [3.63, 3.8) is 0 Å². The summed E-state index contributed by atoms with van der Waals surface area (Å²) in [5.41, 5.74) is 5.71. The Bertz CT molecular complexity index is 844. The molecule has 0 radical (unpaired) electrons. The summed E-state index contributed by atoms with van der Waals surface area (Å²) in [5, 5.41) is 10.3. The van der Waals surface area contributed by atoms with Crippen molar-refractivity contribution < 1.29 is 32.5 Å². The number of phenolic OH excluding ortho intramolecular Hbond substituents is 1. The number of methoxy groups -OCH3 is 3. The summed E-state index contributed by atoms with van der Waals surface area (Å²) in [6.45, 7) is 0. The summed E-state index contributed by atoms with van der Waals surface area (Å²) in [4.78, 5) is 0. The molecule has 3 rings (SSSR count). The molecule has 3 unspecified atom stereocenters. The smallest absolute Gasteiger partial charge is 0.405 e. The van der Waals surface area contributed by atoms with Crippen molar-refractivity contribution in [1.29, 1.82) is 0 Å². The number of hydrogen-bond donors (Lipinski definition) is 3. The van der Waals surface area contributed by atoms with Gasteiger partial charge in [-0.25, -0.2) is 10.9 Å². The van der Waals surface area contributed by atoms with Crippen molar-refractivity contribution in [3.05, 3.63) is 47.5 Å². The molecule has 1 aliphatic rings. The largest absolute Gasteiger partial charge is 0.507 e. The van der Waals surface area contributed by atoms with Crippen molar-refractivity contribution in [2.45, 2.75) is 24.2 Å². The summed E-state index contributed by atoms with van der Waals surface area (Å²) in [5.74, 6) is -0.0728. The lowest BCUT2D eigenvalue weighted by atomic mass is 9.83. The number of nitrogens with one attached hydrogen (secondary N) is 2. The molecule has 3 atom stereocenters. The monoisotopic (exact) mass is 398 g/mol. The Hall–Kier alpha value is -2.65. The lowest BCUT2D eigenvalue weighted by Gasteiger charge is -2.26. The minimum atomic E-state index is -4.51. The molecule has 9 heteroatoms. The number of benzene rings is 2. The zero-order valence-corrected chi connectivity index (χ0v) is 15.5. The Kier molecular flexibility index (Phi) is 5.57. The lowest BCUT2D eigenvalue weighted by molar-refractivity contribution is -0.156. The molecule has 0 amide bonds.